The minimum atomic E-state index is -4.82. The Hall–Kier alpha value is -1.70. The zero-order chi connectivity index (χ0) is 20.2. The summed E-state index contributed by atoms with van der Waals surface area (Å²) in [4.78, 5) is -0.617. The monoisotopic (exact) mass is 444 g/mol. The summed E-state index contributed by atoms with van der Waals surface area (Å²) >= 11 is 5.49. The predicted octanol–water partition coefficient (Wildman–Crippen LogP) is 1.33. The minimum Gasteiger partial charge on any atom is -0.308 e. The second-order valence-electron chi connectivity index (χ2n) is 5.85. The zero-order valence-electron chi connectivity index (χ0n) is 13.6. The fourth-order valence-corrected chi connectivity index (χ4v) is 6.13. The zero-order valence-corrected chi connectivity index (χ0v) is 15.9. The molecule has 1 saturated heterocycles. The first-order chi connectivity index (χ1) is 12.3. The molecule has 0 N–H and O–H groups in total. The van der Waals surface area contributed by atoms with E-state index in [9.17, 15) is 30.0 Å². The molecular formula is C13H12ClF3N4O4S2. The summed E-state index contributed by atoms with van der Waals surface area (Å²) in [6, 6.07) is 2.21. The number of nitrogens with zero attached hydrogens (tertiary/aromatic N) is 4. The largest absolute Gasteiger partial charge is 0.417 e. The molecule has 8 nitrogen and oxygen atoms in total. The van der Waals surface area contributed by atoms with Crippen LogP contribution in [-0.4, -0.2) is 54.2 Å². The molecule has 0 amide bonds. The Morgan fingerprint density at radius 1 is 1.19 bits per heavy atom. The van der Waals surface area contributed by atoms with Crippen molar-refractivity contribution in [2.45, 2.75) is 21.5 Å². The highest BCUT2D eigenvalue weighted by atomic mass is 35.5. The van der Waals surface area contributed by atoms with Gasteiger partial charge in [-0.15, -0.1) is 10.2 Å². The molecule has 27 heavy (non-hydrogen) atoms. The van der Waals surface area contributed by atoms with Crippen molar-refractivity contribution in [3.63, 3.8) is 0 Å². The van der Waals surface area contributed by atoms with Crippen molar-refractivity contribution in [1.29, 1.82) is 0 Å². The third-order valence-corrected chi connectivity index (χ3v) is 8.27. The van der Waals surface area contributed by atoms with Crippen LogP contribution < -0.4 is 0 Å². The van der Waals surface area contributed by atoms with E-state index in [4.69, 9.17) is 11.6 Å². The molecule has 14 heteroatoms. The predicted molar refractivity (Wildman–Crippen MR) is 87.2 cm³/mol. The van der Waals surface area contributed by atoms with Crippen LogP contribution in [0.5, 0.6) is 0 Å². The number of aromatic nitrogens is 3. The molecule has 1 aliphatic heterocycles. The Labute approximate surface area is 157 Å². The van der Waals surface area contributed by atoms with Crippen LogP contribution in [0.4, 0.5) is 13.2 Å². The molecule has 0 aliphatic carbocycles. The topological polar surface area (TPSA) is 102 Å². The third-order valence-electron chi connectivity index (χ3n) is 4.06. The number of hydrogen-bond donors (Lipinski definition) is 0. The van der Waals surface area contributed by atoms with Crippen molar-refractivity contribution in [3.05, 3.63) is 35.1 Å². The average molecular weight is 445 g/mol. The van der Waals surface area contributed by atoms with Crippen LogP contribution in [0.15, 0.2) is 34.6 Å². The van der Waals surface area contributed by atoms with Gasteiger partial charge in [0.2, 0.25) is 25.0 Å². The van der Waals surface area contributed by atoms with Gasteiger partial charge in [-0.1, -0.05) is 11.6 Å². The van der Waals surface area contributed by atoms with E-state index >= 15 is 0 Å². The number of sulfonamides is 1. The number of halogens is 4. The number of benzene rings is 1. The smallest absolute Gasteiger partial charge is 0.308 e. The van der Waals surface area contributed by atoms with E-state index in [1.807, 2.05) is 0 Å². The molecule has 1 aliphatic rings. The molecule has 0 bridgehead atoms. The van der Waals surface area contributed by atoms with E-state index in [0.717, 1.165) is 16.4 Å². The van der Waals surface area contributed by atoms with Gasteiger partial charge in [-0.3, -0.25) is 0 Å². The molecule has 0 unspecified atom stereocenters. The van der Waals surface area contributed by atoms with Gasteiger partial charge in [-0.25, -0.2) is 16.8 Å². The summed E-state index contributed by atoms with van der Waals surface area (Å²) in [5.41, 5.74) is -1.28. The van der Waals surface area contributed by atoms with E-state index in [2.05, 4.69) is 10.2 Å². The summed E-state index contributed by atoms with van der Waals surface area (Å²) in [6.45, 7) is -0.803. The lowest BCUT2D eigenvalue weighted by Crippen LogP contribution is -2.56. The van der Waals surface area contributed by atoms with Gasteiger partial charge in [0.25, 0.3) is 0 Å². The highest BCUT2D eigenvalue weighted by Gasteiger charge is 2.46. The summed E-state index contributed by atoms with van der Waals surface area (Å²) in [7, 11) is -6.80. The molecule has 1 fully saturated rings. The molecule has 0 saturated carbocycles. The molecule has 1 aromatic carbocycles. The van der Waals surface area contributed by atoms with Crippen molar-refractivity contribution in [2.24, 2.45) is 7.05 Å². The van der Waals surface area contributed by atoms with E-state index < -0.39 is 59.9 Å². The quantitative estimate of drug-likeness (QED) is 0.705. The van der Waals surface area contributed by atoms with E-state index in [1.54, 1.807) is 0 Å². The summed E-state index contributed by atoms with van der Waals surface area (Å²) in [5.74, 6) is 0. The van der Waals surface area contributed by atoms with Crippen molar-refractivity contribution >= 4 is 31.5 Å². The molecule has 148 valence electrons. The molecule has 0 spiro atoms. The van der Waals surface area contributed by atoms with Crippen LogP contribution in [0.2, 0.25) is 5.02 Å². The van der Waals surface area contributed by atoms with Crippen LogP contribution in [0.3, 0.4) is 0 Å². The molecule has 2 aromatic rings. The van der Waals surface area contributed by atoms with Crippen molar-refractivity contribution in [2.75, 3.05) is 13.1 Å². The van der Waals surface area contributed by atoms with Crippen LogP contribution in [0.25, 0.3) is 0 Å². The summed E-state index contributed by atoms with van der Waals surface area (Å²) < 4.78 is 90.7. The standard InChI is InChI=1S/C13H12ClF3N4O4S2/c1-20-7-18-19-12(20)26(22,23)9-5-21(6-9)27(24,25)8-2-3-11(14)10(4-8)13(15,16)17/h2-4,7,9H,5-6H2,1H3. The van der Waals surface area contributed by atoms with Gasteiger partial charge in [-0.2, -0.15) is 17.5 Å². The number of rotatable bonds is 4. The number of sulfone groups is 1. The van der Waals surface area contributed by atoms with E-state index in [-0.39, 0.29) is 5.16 Å². The van der Waals surface area contributed by atoms with Gasteiger partial charge in [-0.05, 0) is 18.2 Å². The Bertz CT molecular complexity index is 1090. The van der Waals surface area contributed by atoms with Crippen molar-refractivity contribution in [1.82, 2.24) is 19.1 Å². The Morgan fingerprint density at radius 2 is 1.81 bits per heavy atom. The van der Waals surface area contributed by atoms with Gasteiger partial charge in [0.1, 0.15) is 6.33 Å². The third kappa shape index (κ3) is 3.44. The Morgan fingerprint density at radius 3 is 2.33 bits per heavy atom. The minimum absolute atomic E-state index is 0.310. The van der Waals surface area contributed by atoms with Crippen LogP contribution in [-0.2, 0) is 33.1 Å². The lowest BCUT2D eigenvalue weighted by atomic mass is 10.2. The summed E-state index contributed by atoms with van der Waals surface area (Å²) in [5, 5.41) is 4.96. The maximum absolute atomic E-state index is 12.9. The molecule has 0 atom stereocenters. The van der Waals surface area contributed by atoms with E-state index in [1.165, 1.54) is 17.9 Å². The molecule has 1 aromatic heterocycles. The first-order valence-corrected chi connectivity index (χ1v) is 10.7. The maximum atomic E-state index is 12.9. The van der Waals surface area contributed by atoms with Gasteiger partial charge in [0, 0.05) is 20.1 Å². The SMILES string of the molecule is Cn1cnnc1S(=O)(=O)C1CN(S(=O)(=O)c2ccc(Cl)c(C(F)(F)F)c2)C1. The van der Waals surface area contributed by atoms with Crippen LogP contribution in [0.1, 0.15) is 5.56 Å². The first kappa shape index (κ1) is 20.0. The van der Waals surface area contributed by atoms with E-state index in [0.29, 0.717) is 6.07 Å². The lowest BCUT2D eigenvalue weighted by Gasteiger charge is -2.37. The Kier molecular flexibility index (Phi) is 4.77. The van der Waals surface area contributed by atoms with Gasteiger partial charge < -0.3 is 4.57 Å². The molecule has 0 radical (unpaired) electrons. The maximum Gasteiger partial charge on any atom is 0.417 e. The fraction of sp³-hybridized carbons (Fsp3) is 0.385. The normalized spacial score (nSPS) is 17.1. The fourth-order valence-electron chi connectivity index (χ4n) is 2.50. The molecular weight excluding hydrogens is 433 g/mol. The highest BCUT2D eigenvalue weighted by Crippen LogP contribution is 2.37. The second kappa shape index (κ2) is 6.43. The summed E-state index contributed by atoms with van der Waals surface area (Å²) in [6.07, 6.45) is -3.64. The average Bonchev–Trinajstić information content (AvgIpc) is 2.91. The second-order valence-corrected chi connectivity index (χ2v) is 10.3. The number of alkyl halides is 3. The van der Waals surface area contributed by atoms with Gasteiger partial charge in [0.15, 0.2) is 0 Å². The molecule has 2 heterocycles. The van der Waals surface area contributed by atoms with Gasteiger partial charge >= 0.3 is 6.18 Å². The van der Waals surface area contributed by atoms with Crippen molar-refractivity contribution < 1.29 is 30.0 Å². The lowest BCUT2D eigenvalue weighted by molar-refractivity contribution is -0.137. The Balaban J connectivity index is 1.84. The number of aryl methyl sites for hydroxylation is 1. The molecule has 3 rings (SSSR count). The highest BCUT2D eigenvalue weighted by molar-refractivity contribution is 7.92. The van der Waals surface area contributed by atoms with Crippen molar-refractivity contribution in [3.8, 4) is 0 Å². The van der Waals surface area contributed by atoms with Crippen LogP contribution >= 0.6 is 11.6 Å². The van der Waals surface area contributed by atoms with Gasteiger partial charge in [0.05, 0.1) is 20.7 Å². The number of hydrogen-bond acceptors (Lipinski definition) is 6. The van der Waals surface area contributed by atoms with Crippen LogP contribution in [0, 0.1) is 0 Å². The first-order valence-electron chi connectivity index (χ1n) is 7.30.